The molecule has 1 aliphatic heterocycles. The van der Waals surface area contributed by atoms with Crippen LogP contribution in [0.5, 0.6) is 0 Å². The van der Waals surface area contributed by atoms with Crippen molar-refractivity contribution in [2.45, 2.75) is 36.1 Å². The molecule has 2 heterocycles. The van der Waals surface area contributed by atoms with E-state index in [2.05, 4.69) is 30.9 Å². The third-order valence-corrected chi connectivity index (χ3v) is 8.04. The van der Waals surface area contributed by atoms with Crippen molar-refractivity contribution in [2.24, 2.45) is 0 Å². The summed E-state index contributed by atoms with van der Waals surface area (Å²) in [6.07, 6.45) is 1.36. The van der Waals surface area contributed by atoms with E-state index < -0.39 is 10.0 Å². The minimum Gasteiger partial charge on any atom is -0.325 e. The summed E-state index contributed by atoms with van der Waals surface area (Å²) in [4.78, 5) is 14.6. The molecule has 1 saturated heterocycles. The van der Waals surface area contributed by atoms with Crippen molar-refractivity contribution in [3.05, 3.63) is 46.3 Å². The number of carbonyl (C=O) groups is 1. The molecule has 0 spiro atoms. The van der Waals surface area contributed by atoms with Crippen molar-refractivity contribution < 1.29 is 13.2 Å². The highest BCUT2D eigenvalue weighted by Crippen LogP contribution is 2.20. The first kappa shape index (κ1) is 20.5. The third kappa shape index (κ3) is 5.39. The van der Waals surface area contributed by atoms with E-state index in [-0.39, 0.29) is 18.0 Å². The molecule has 1 aromatic heterocycles. The van der Waals surface area contributed by atoms with Gasteiger partial charge in [0.1, 0.15) is 4.21 Å². The Kier molecular flexibility index (Phi) is 6.69. The van der Waals surface area contributed by atoms with Crippen LogP contribution in [0, 0.1) is 0 Å². The van der Waals surface area contributed by atoms with E-state index >= 15 is 0 Å². The standard InChI is InChI=1S/C18H22BrN3O3S2/c1-13(18(23)20-16-5-2-4-14(19)12-16)22-9-7-15(8-10-22)21-27(24,25)17-6-3-11-26-17/h2-6,11-13,15,21H,7-10H2,1H3,(H,20,23)/t13-/m0/s1. The largest absolute Gasteiger partial charge is 0.325 e. The Hall–Kier alpha value is -1.26. The fourth-order valence-corrected chi connectivity index (χ4v) is 5.79. The van der Waals surface area contributed by atoms with Crippen molar-refractivity contribution in [2.75, 3.05) is 18.4 Å². The van der Waals surface area contributed by atoms with Crippen LogP contribution in [0.4, 0.5) is 5.69 Å². The van der Waals surface area contributed by atoms with E-state index in [1.54, 1.807) is 17.5 Å². The van der Waals surface area contributed by atoms with Gasteiger partial charge in [0, 0.05) is 29.3 Å². The van der Waals surface area contributed by atoms with E-state index in [9.17, 15) is 13.2 Å². The molecular weight excluding hydrogens is 450 g/mol. The molecule has 1 atom stereocenters. The normalized spacial score (nSPS) is 17.6. The van der Waals surface area contributed by atoms with E-state index in [0.717, 1.165) is 10.2 Å². The van der Waals surface area contributed by atoms with Gasteiger partial charge < -0.3 is 5.32 Å². The maximum atomic E-state index is 12.5. The number of likely N-dealkylation sites (tertiary alicyclic amines) is 1. The lowest BCUT2D eigenvalue weighted by Gasteiger charge is -2.35. The summed E-state index contributed by atoms with van der Waals surface area (Å²) in [5.41, 5.74) is 0.750. The van der Waals surface area contributed by atoms with Crippen molar-refractivity contribution in [3.63, 3.8) is 0 Å². The molecule has 1 aliphatic rings. The Balaban J connectivity index is 1.51. The molecule has 3 rings (SSSR count). The second-order valence-corrected chi connectivity index (χ2v) is 10.3. The minimum atomic E-state index is -3.45. The Bertz CT molecular complexity index is 879. The summed E-state index contributed by atoms with van der Waals surface area (Å²) < 4.78 is 28.7. The molecule has 2 N–H and O–H groups in total. The van der Waals surface area contributed by atoms with Crippen LogP contribution in [0.15, 0.2) is 50.5 Å². The Morgan fingerprint density at radius 2 is 2.00 bits per heavy atom. The number of piperidine rings is 1. The number of halogens is 1. The summed E-state index contributed by atoms with van der Waals surface area (Å²) >= 11 is 4.61. The number of nitrogens with zero attached hydrogens (tertiary/aromatic N) is 1. The number of nitrogens with one attached hydrogen (secondary N) is 2. The zero-order chi connectivity index (χ0) is 19.4. The number of thiophene rings is 1. The number of carbonyl (C=O) groups excluding carboxylic acids is 1. The molecule has 0 bridgehead atoms. The lowest BCUT2D eigenvalue weighted by Crippen LogP contribution is -2.50. The third-order valence-electron chi connectivity index (χ3n) is 4.63. The van der Waals surface area contributed by atoms with Crippen LogP contribution in [0.3, 0.4) is 0 Å². The summed E-state index contributed by atoms with van der Waals surface area (Å²) in [7, 11) is -3.45. The van der Waals surface area contributed by atoms with Gasteiger partial charge in [0.2, 0.25) is 15.9 Å². The van der Waals surface area contributed by atoms with Crippen LogP contribution >= 0.6 is 27.3 Å². The van der Waals surface area contributed by atoms with Gasteiger partial charge in [0.15, 0.2) is 0 Å². The molecular formula is C18H22BrN3O3S2. The zero-order valence-electron chi connectivity index (χ0n) is 14.9. The highest BCUT2D eigenvalue weighted by Gasteiger charge is 2.29. The molecule has 2 aromatic rings. The molecule has 6 nitrogen and oxygen atoms in total. The van der Waals surface area contributed by atoms with Crippen LogP contribution < -0.4 is 10.0 Å². The molecule has 1 fully saturated rings. The van der Waals surface area contributed by atoms with Gasteiger partial charge in [-0.1, -0.05) is 28.1 Å². The van der Waals surface area contributed by atoms with Crippen molar-refractivity contribution in [3.8, 4) is 0 Å². The number of rotatable bonds is 6. The van der Waals surface area contributed by atoms with Gasteiger partial charge in [0.25, 0.3) is 0 Å². The quantitative estimate of drug-likeness (QED) is 0.677. The topological polar surface area (TPSA) is 78.5 Å². The molecule has 1 aromatic carbocycles. The summed E-state index contributed by atoms with van der Waals surface area (Å²) in [5.74, 6) is -0.0642. The van der Waals surface area contributed by atoms with E-state index in [1.807, 2.05) is 31.2 Å². The molecule has 0 radical (unpaired) electrons. The summed E-state index contributed by atoms with van der Waals surface area (Å²) in [6.45, 7) is 3.22. The predicted octanol–water partition coefficient (Wildman–Crippen LogP) is 3.28. The van der Waals surface area contributed by atoms with E-state index in [1.165, 1.54) is 11.3 Å². The summed E-state index contributed by atoms with van der Waals surface area (Å²) in [5, 5.41) is 4.68. The van der Waals surface area contributed by atoms with Gasteiger partial charge >= 0.3 is 0 Å². The first-order valence-corrected chi connectivity index (χ1v) is 11.9. The molecule has 0 unspecified atom stereocenters. The average Bonchev–Trinajstić information content (AvgIpc) is 3.17. The molecule has 1 amide bonds. The Morgan fingerprint density at radius 3 is 2.63 bits per heavy atom. The minimum absolute atomic E-state index is 0.0642. The van der Waals surface area contributed by atoms with Crippen LogP contribution in [0.25, 0.3) is 0 Å². The SMILES string of the molecule is C[C@@H](C(=O)Nc1cccc(Br)c1)N1CCC(NS(=O)(=O)c2cccs2)CC1. The average molecular weight is 472 g/mol. The molecule has 146 valence electrons. The number of hydrogen-bond donors (Lipinski definition) is 2. The monoisotopic (exact) mass is 471 g/mol. The summed E-state index contributed by atoms with van der Waals surface area (Å²) in [6, 6.07) is 10.4. The van der Waals surface area contributed by atoms with Crippen molar-refractivity contribution in [1.29, 1.82) is 0 Å². The molecule has 0 aliphatic carbocycles. The molecule has 0 saturated carbocycles. The first-order valence-electron chi connectivity index (χ1n) is 8.71. The van der Waals surface area contributed by atoms with Crippen LogP contribution in [-0.2, 0) is 14.8 Å². The number of sulfonamides is 1. The highest BCUT2D eigenvalue weighted by molar-refractivity contribution is 9.10. The van der Waals surface area contributed by atoms with Crippen LogP contribution in [-0.4, -0.2) is 44.4 Å². The predicted molar refractivity (Wildman–Crippen MR) is 111 cm³/mol. The number of hydrogen-bond acceptors (Lipinski definition) is 5. The molecule has 27 heavy (non-hydrogen) atoms. The first-order chi connectivity index (χ1) is 12.8. The van der Waals surface area contributed by atoms with Crippen molar-refractivity contribution >= 4 is 48.9 Å². The van der Waals surface area contributed by atoms with Gasteiger partial charge in [0.05, 0.1) is 6.04 Å². The van der Waals surface area contributed by atoms with Gasteiger partial charge in [-0.3, -0.25) is 9.69 Å². The second-order valence-electron chi connectivity index (χ2n) is 6.54. The van der Waals surface area contributed by atoms with Crippen LogP contribution in [0.2, 0.25) is 0 Å². The zero-order valence-corrected chi connectivity index (χ0v) is 18.1. The number of benzene rings is 1. The van der Waals surface area contributed by atoms with Gasteiger partial charge in [-0.2, -0.15) is 0 Å². The Labute approximate surface area is 172 Å². The van der Waals surface area contributed by atoms with Gasteiger partial charge in [-0.15, -0.1) is 11.3 Å². The maximum Gasteiger partial charge on any atom is 0.250 e. The lowest BCUT2D eigenvalue weighted by molar-refractivity contribution is -0.121. The van der Waals surface area contributed by atoms with E-state index in [0.29, 0.717) is 30.1 Å². The second kappa shape index (κ2) is 8.83. The van der Waals surface area contributed by atoms with Gasteiger partial charge in [-0.25, -0.2) is 13.1 Å². The number of amides is 1. The maximum absolute atomic E-state index is 12.5. The fraction of sp³-hybridized carbons (Fsp3) is 0.389. The molecule has 9 heteroatoms. The fourth-order valence-electron chi connectivity index (χ4n) is 3.08. The highest BCUT2D eigenvalue weighted by atomic mass is 79.9. The Morgan fingerprint density at radius 1 is 1.26 bits per heavy atom. The number of anilines is 1. The van der Waals surface area contributed by atoms with Crippen LogP contribution in [0.1, 0.15) is 19.8 Å². The lowest BCUT2D eigenvalue weighted by atomic mass is 10.0. The van der Waals surface area contributed by atoms with Gasteiger partial charge in [-0.05, 0) is 49.4 Å². The van der Waals surface area contributed by atoms with E-state index in [4.69, 9.17) is 0 Å². The van der Waals surface area contributed by atoms with Crippen molar-refractivity contribution in [1.82, 2.24) is 9.62 Å². The smallest absolute Gasteiger partial charge is 0.250 e.